The van der Waals surface area contributed by atoms with Gasteiger partial charge in [0.05, 0.1) is 39.4 Å². The molecule has 0 saturated heterocycles. The third kappa shape index (κ3) is 6.11. The van der Waals surface area contributed by atoms with Gasteiger partial charge in [0.25, 0.3) is 0 Å². The van der Waals surface area contributed by atoms with Crippen LogP contribution in [0.1, 0.15) is 0 Å². The maximum absolute atomic E-state index is 10.9. The number of rotatable bonds is 2. The number of methoxy groups -OCH3 is 1. The van der Waals surface area contributed by atoms with E-state index in [4.69, 9.17) is 12.2 Å². The molecule has 7 aromatic rings. The monoisotopic (exact) mass is 559 g/mol. The van der Waals surface area contributed by atoms with Gasteiger partial charge >= 0.3 is 6.09 Å². The minimum absolute atomic E-state index is 0.387. The van der Waals surface area contributed by atoms with Crippen molar-refractivity contribution in [1.29, 1.82) is 0 Å². The number of para-hydroxylation sites is 5. The topological polar surface area (TPSA) is 124 Å². The van der Waals surface area contributed by atoms with Gasteiger partial charge in [-0.25, -0.2) is 19.7 Å². The number of H-pyrrole nitrogens is 3. The third-order valence-corrected chi connectivity index (χ3v) is 7.14. The Labute approximate surface area is 229 Å². The predicted molar refractivity (Wildman–Crippen MR) is 156 cm³/mol. The summed E-state index contributed by atoms with van der Waals surface area (Å²) in [6, 6.07) is 23.6. The van der Waals surface area contributed by atoms with Crippen LogP contribution in [0.5, 0.6) is 0 Å². The first kappa shape index (κ1) is 25.3. The van der Waals surface area contributed by atoms with Gasteiger partial charge in [-0.1, -0.05) is 36.4 Å². The fourth-order valence-corrected chi connectivity index (χ4v) is 5.14. The number of imidazole rings is 2. The summed E-state index contributed by atoms with van der Waals surface area (Å²) >= 11 is 8.17. The number of nitrogens with one attached hydrogen (secondary N) is 4. The van der Waals surface area contributed by atoms with E-state index in [1.807, 2.05) is 72.1 Å². The van der Waals surface area contributed by atoms with Crippen molar-refractivity contribution >= 4 is 79.2 Å². The van der Waals surface area contributed by atoms with Crippen molar-refractivity contribution in [2.45, 2.75) is 0 Å². The van der Waals surface area contributed by atoms with Crippen LogP contribution in [0, 0.1) is 3.95 Å². The molecule has 0 fully saturated rings. The van der Waals surface area contributed by atoms with E-state index in [9.17, 15) is 4.79 Å². The number of thiazole rings is 2. The van der Waals surface area contributed by atoms with Crippen LogP contribution in [0.15, 0.2) is 84.4 Å². The van der Waals surface area contributed by atoms with Crippen LogP contribution >= 0.6 is 34.9 Å². The van der Waals surface area contributed by atoms with Crippen LogP contribution in [0.4, 0.5) is 10.7 Å². The van der Waals surface area contributed by atoms with Gasteiger partial charge in [0.1, 0.15) is 0 Å². The Bertz CT molecular complexity index is 1750. The van der Waals surface area contributed by atoms with E-state index in [2.05, 4.69) is 46.0 Å². The van der Waals surface area contributed by atoms with Crippen molar-refractivity contribution in [3.63, 3.8) is 0 Å². The summed E-state index contributed by atoms with van der Waals surface area (Å²) in [7, 11) is 1.30. The molecule has 0 aliphatic heterocycles. The molecule has 0 aliphatic rings. The highest BCUT2D eigenvalue weighted by Gasteiger charge is 2.06. The highest BCUT2D eigenvalue weighted by molar-refractivity contribution is 7.73. The number of nitrogens with zero attached hydrogens (tertiary/aromatic N) is 3. The van der Waals surface area contributed by atoms with Gasteiger partial charge in [0, 0.05) is 11.6 Å². The van der Waals surface area contributed by atoms with Crippen molar-refractivity contribution in [3.8, 4) is 10.8 Å². The van der Waals surface area contributed by atoms with Crippen molar-refractivity contribution < 1.29 is 9.53 Å². The lowest BCUT2D eigenvalue weighted by molar-refractivity contribution is 0.186. The predicted octanol–water partition coefficient (Wildman–Crippen LogP) is 7.39. The van der Waals surface area contributed by atoms with Crippen molar-refractivity contribution in [3.05, 3.63) is 88.3 Å². The van der Waals surface area contributed by atoms with Crippen LogP contribution < -0.4 is 5.32 Å². The first-order valence-electron chi connectivity index (χ1n) is 11.3. The molecule has 12 heteroatoms. The first-order chi connectivity index (χ1) is 18.6. The van der Waals surface area contributed by atoms with E-state index in [-0.39, 0.29) is 0 Å². The summed E-state index contributed by atoms with van der Waals surface area (Å²) in [6.07, 6.45) is 1.25. The van der Waals surface area contributed by atoms with E-state index in [0.717, 1.165) is 42.4 Å². The summed E-state index contributed by atoms with van der Waals surface area (Å²) in [5, 5.41) is 5.33. The number of hydrogen-bond donors (Lipinski definition) is 4. The number of anilines is 1. The Balaban J connectivity index is 0.000000118. The van der Waals surface area contributed by atoms with Crippen molar-refractivity contribution in [2.75, 3.05) is 12.4 Å². The Morgan fingerprint density at radius 2 is 1.53 bits per heavy atom. The Morgan fingerprint density at radius 1 is 0.868 bits per heavy atom. The first-order valence-corrected chi connectivity index (χ1v) is 13.4. The molecule has 4 heterocycles. The zero-order valence-electron chi connectivity index (χ0n) is 20.0. The number of benzene rings is 3. The molecule has 4 aromatic heterocycles. The number of ether oxygens (including phenoxy) is 1. The number of carbonyl (C=O) groups excluding carboxylic acids is 1. The van der Waals surface area contributed by atoms with Crippen LogP contribution in [0.3, 0.4) is 0 Å². The normalized spacial score (nSPS) is 10.4. The largest absolute Gasteiger partial charge is 0.453 e. The van der Waals surface area contributed by atoms with Gasteiger partial charge < -0.3 is 19.7 Å². The van der Waals surface area contributed by atoms with Gasteiger partial charge in [-0.15, -0.1) is 22.7 Å². The van der Waals surface area contributed by atoms with Gasteiger partial charge in [0.15, 0.2) is 14.8 Å². The Morgan fingerprint density at radius 3 is 2.16 bits per heavy atom. The molecule has 0 atom stereocenters. The maximum Gasteiger partial charge on any atom is 0.413 e. The molecule has 4 N–H and O–H groups in total. The molecule has 0 radical (unpaired) electrons. The number of carbonyl (C=O) groups is 1. The minimum Gasteiger partial charge on any atom is -0.453 e. The highest BCUT2D eigenvalue weighted by atomic mass is 32.1. The highest BCUT2D eigenvalue weighted by Crippen LogP contribution is 2.21. The number of fused-ring (bicyclic) bond motifs is 3. The number of hydrogen-bond acceptors (Lipinski definition) is 8. The van der Waals surface area contributed by atoms with E-state index in [1.165, 1.54) is 11.8 Å². The lowest BCUT2D eigenvalue weighted by Gasteiger charge is -1.96. The maximum atomic E-state index is 10.9. The molecule has 190 valence electrons. The minimum atomic E-state index is -0.538. The van der Waals surface area contributed by atoms with Gasteiger partial charge in [-0.05, 0) is 48.6 Å². The second kappa shape index (κ2) is 11.8. The van der Waals surface area contributed by atoms with Gasteiger partial charge in [-0.3, -0.25) is 5.32 Å². The Kier molecular flexibility index (Phi) is 7.83. The van der Waals surface area contributed by atoms with Crippen molar-refractivity contribution in [2.24, 2.45) is 0 Å². The summed E-state index contributed by atoms with van der Waals surface area (Å²) in [6.45, 7) is 0. The van der Waals surface area contributed by atoms with E-state index >= 15 is 0 Å². The van der Waals surface area contributed by atoms with Gasteiger partial charge in [-0.2, -0.15) is 0 Å². The van der Waals surface area contributed by atoms with Crippen LogP contribution in [-0.4, -0.2) is 43.1 Å². The molecule has 0 saturated carbocycles. The van der Waals surface area contributed by atoms with E-state index in [1.54, 1.807) is 28.9 Å². The molecule has 0 spiro atoms. The molecule has 7 rings (SSSR count). The molecular formula is C26H21N7O2S3. The molecule has 0 bridgehead atoms. The number of aromatic amines is 3. The zero-order chi connectivity index (χ0) is 26.3. The molecule has 38 heavy (non-hydrogen) atoms. The van der Waals surface area contributed by atoms with E-state index < -0.39 is 6.09 Å². The summed E-state index contributed by atoms with van der Waals surface area (Å²) in [5.41, 5.74) is 4.85. The summed E-state index contributed by atoms with van der Waals surface area (Å²) in [5.74, 6) is 1.24. The molecule has 1 amide bonds. The van der Waals surface area contributed by atoms with Crippen LogP contribution in [0.2, 0.25) is 0 Å². The standard InChI is InChI=1S/C10H7N3S.C9H9N3O2.C7H5NS2/c1-2-4-8-7(3-1)12-9(13-8)10-11-5-6-14-10;1-14-9(13)12-8-10-6-4-2-3-5-7(6)11-8;9-7-8-5-3-1-2-4-6(5)10-7/h1-6H,(H,12,13);2-5H,1H3,(H2,10,11,12,13);1-4H,(H,8,9). The second-order valence-electron chi connectivity index (χ2n) is 7.67. The lowest BCUT2D eigenvalue weighted by Crippen LogP contribution is -2.11. The van der Waals surface area contributed by atoms with Crippen LogP contribution in [-0.2, 0) is 4.74 Å². The molecule has 9 nitrogen and oxygen atoms in total. The van der Waals surface area contributed by atoms with E-state index in [0.29, 0.717) is 5.95 Å². The average Bonchev–Trinajstić information content (AvgIpc) is 3.73. The molecular weight excluding hydrogens is 539 g/mol. The number of aromatic nitrogens is 6. The second-order valence-corrected chi connectivity index (χ2v) is 10.3. The Hall–Kier alpha value is -4.39. The molecule has 3 aromatic carbocycles. The molecule has 0 aliphatic carbocycles. The average molecular weight is 560 g/mol. The fraction of sp³-hybridized carbons (Fsp3) is 0.0385. The molecule has 0 unspecified atom stereocenters. The summed E-state index contributed by atoms with van der Waals surface area (Å²) < 4.78 is 6.52. The van der Waals surface area contributed by atoms with Gasteiger partial charge in [0.2, 0.25) is 5.95 Å². The quantitative estimate of drug-likeness (QED) is 0.164. The smallest absolute Gasteiger partial charge is 0.413 e. The fourth-order valence-electron chi connectivity index (χ4n) is 3.45. The van der Waals surface area contributed by atoms with Crippen LogP contribution in [0.25, 0.3) is 43.1 Å². The number of amides is 1. The van der Waals surface area contributed by atoms with Crippen molar-refractivity contribution in [1.82, 2.24) is 29.9 Å². The third-order valence-electron chi connectivity index (χ3n) is 5.15. The summed E-state index contributed by atoms with van der Waals surface area (Å²) in [4.78, 5) is 32.9. The zero-order valence-corrected chi connectivity index (χ0v) is 22.4. The lowest BCUT2D eigenvalue weighted by atomic mass is 10.3. The SMILES string of the molecule is COC(=O)Nc1nc2ccccc2[nH]1.S=c1[nH]c2ccccc2s1.c1ccc2[nH]c(-c3nccs3)nc2c1.